The summed E-state index contributed by atoms with van der Waals surface area (Å²) in [6, 6.07) is 8.76. The Bertz CT molecular complexity index is 897. The number of anilines is 1. The number of rotatable bonds is 8. The molecule has 1 aliphatic rings. The number of aromatic nitrogens is 1. The molecule has 0 unspecified atom stereocenters. The van der Waals surface area contributed by atoms with E-state index in [0.29, 0.717) is 32.0 Å². The summed E-state index contributed by atoms with van der Waals surface area (Å²) in [6.45, 7) is 1.75. The van der Waals surface area contributed by atoms with E-state index in [9.17, 15) is 9.18 Å². The highest BCUT2D eigenvalue weighted by molar-refractivity contribution is 5.87. The van der Waals surface area contributed by atoms with Gasteiger partial charge in [0.15, 0.2) is 11.8 Å². The summed E-state index contributed by atoms with van der Waals surface area (Å²) in [5, 5.41) is 0. The Kier molecular flexibility index (Phi) is 7.15. The van der Waals surface area contributed by atoms with Crippen LogP contribution in [0.15, 0.2) is 41.5 Å². The Morgan fingerprint density at radius 3 is 2.70 bits per heavy atom. The molecule has 0 bridgehead atoms. The molecule has 9 nitrogen and oxygen atoms in total. The lowest BCUT2D eigenvalue weighted by Crippen LogP contribution is -2.52. The van der Waals surface area contributed by atoms with Crippen molar-refractivity contribution in [3.63, 3.8) is 0 Å². The molecule has 10 heteroatoms. The molecular formula is C20H24FN5O4. The Hall–Kier alpha value is -3.24. The first kappa shape index (κ1) is 21.5. The Balaban J connectivity index is 1.49. The normalized spacial score (nSPS) is 13.6. The second kappa shape index (κ2) is 9.99. The number of ether oxygens (including phenoxy) is 3. The standard InChI is InChI=1S/C20H24FN5O4/c1-28-12-15-6-5-13(7-24-15)10-29-16-8-26(9-16)17-4-2-3-14(18(17)21)11-30-20(27)25-19(22)23/h2-7,16H,8-12H2,1H3,(H4,22,23,25,27). The maximum atomic E-state index is 14.8. The third-order valence-corrected chi connectivity index (χ3v) is 4.48. The zero-order valence-corrected chi connectivity index (χ0v) is 16.6. The van der Waals surface area contributed by atoms with Crippen LogP contribution in [0.25, 0.3) is 0 Å². The van der Waals surface area contributed by atoms with Crippen LogP contribution in [-0.2, 0) is 34.0 Å². The third-order valence-electron chi connectivity index (χ3n) is 4.48. The van der Waals surface area contributed by atoms with Crippen molar-refractivity contribution in [2.45, 2.75) is 25.9 Å². The van der Waals surface area contributed by atoms with E-state index in [-0.39, 0.29) is 18.3 Å². The van der Waals surface area contributed by atoms with Crippen molar-refractivity contribution < 1.29 is 23.4 Å². The van der Waals surface area contributed by atoms with Crippen LogP contribution in [-0.4, -0.2) is 43.3 Å². The first-order valence-electron chi connectivity index (χ1n) is 9.29. The molecule has 3 rings (SSSR count). The number of amides is 1. The summed E-state index contributed by atoms with van der Waals surface area (Å²) < 4.78 is 30.5. The van der Waals surface area contributed by atoms with E-state index in [2.05, 4.69) is 9.98 Å². The number of nitrogens with zero attached hydrogens (tertiary/aromatic N) is 3. The van der Waals surface area contributed by atoms with Gasteiger partial charge in [-0.25, -0.2) is 9.18 Å². The fourth-order valence-corrected chi connectivity index (χ4v) is 2.93. The summed E-state index contributed by atoms with van der Waals surface area (Å²) in [4.78, 5) is 20.8. The Labute approximate surface area is 173 Å². The number of halogens is 1. The molecule has 4 N–H and O–H groups in total. The number of carbonyl (C=O) groups is 1. The van der Waals surface area contributed by atoms with E-state index in [1.165, 1.54) is 6.07 Å². The Morgan fingerprint density at radius 1 is 1.23 bits per heavy atom. The summed E-state index contributed by atoms with van der Waals surface area (Å²) in [5.74, 6) is -0.867. The van der Waals surface area contributed by atoms with Crippen molar-refractivity contribution in [2.24, 2.45) is 16.5 Å². The first-order chi connectivity index (χ1) is 14.5. The highest BCUT2D eigenvalue weighted by Gasteiger charge is 2.30. The SMILES string of the molecule is COCc1ccc(COC2CN(c3cccc(COC(=O)N=C(N)N)c3F)C2)cn1. The summed E-state index contributed by atoms with van der Waals surface area (Å²) in [7, 11) is 1.62. The van der Waals surface area contributed by atoms with E-state index < -0.39 is 17.9 Å². The molecular weight excluding hydrogens is 393 g/mol. The summed E-state index contributed by atoms with van der Waals surface area (Å²) in [6.07, 6.45) is 0.783. The number of hydrogen-bond acceptors (Lipinski definition) is 6. The number of aliphatic imine (C=N–C) groups is 1. The highest BCUT2D eigenvalue weighted by Crippen LogP contribution is 2.28. The highest BCUT2D eigenvalue weighted by atomic mass is 19.1. The van der Waals surface area contributed by atoms with Crippen molar-refractivity contribution >= 4 is 17.7 Å². The van der Waals surface area contributed by atoms with Crippen LogP contribution in [0.4, 0.5) is 14.9 Å². The molecule has 1 aromatic carbocycles. The zero-order chi connectivity index (χ0) is 21.5. The number of methoxy groups -OCH3 is 1. The van der Waals surface area contributed by atoms with E-state index in [1.807, 2.05) is 17.0 Å². The van der Waals surface area contributed by atoms with Crippen LogP contribution in [0.2, 0.25) is 0 Å². The quantitative estimate of drug-likeness (QED) is 0.491. The lowest BCUT2D eigenvalue weighted by atomic mass is 10.1. The van der Waals surface area contributed by atoms with Gasteiger partial charge in [-0.1, -0.05) is 18.2 Å². The molecule has 0 saturated carbocycles. The topological polar surface area (TPSA) is 125 Å². The van der Waals surface area contributed by atoms with Crippen LogP contribution in [0.1, 0.15) is 16.8 Å². The minimum absolute atomic E-state index is 0.00796. The average Bonchev–Trinajstić information content (AvgIpc) is 2.68. The van der Waals surface area contributed by atoms with Crippen molar-refractivity contribution in [3.8, 4) is 0 Å². The van der Waals surface area contributed by atoms with E-state index in [0.717, 1.165) is 11.3 Å². The van der Waals surface area contributed by atoms with E-state index in [4.69, 9.17) is 25.7 Å². The van der Waals surface area contributed by atoms with Crippen molar-refractivity contribution in [2.75, 3.05) is 25.1 Å². The minimum Gasteiger partial charge on any atom is -0.443 e. The molecule has 0 radical (unpaired) electrons. The second-order valence-electron chi connectivity index (χ2n) is 6.77. The molecule has 1 aromatic heterocycles. The molecule has 160 valence electrons. The van der Waals surface area contributed by atoms with Gasteiger partial charge in [0, 0.05) is 32.0 Å². The molecule has 0 atom stereocenters. The van der Waals surface area contributed by atoms with E-state index in [1.54, 1.807) is 25.4 Å². The number of guanidine groups is 1. The molecule has 0 spiro atoms. The first-order valence-corrected chi connectivity index (χ1v) is 9.29. The van der Waals surface area contributed by atoms with Gasteiger partial charge < -0.3 is 30.6 Å². The summed E-state index contributed by atoms with van der Waals surface area (Å²) >= 11 is 0. The minimum atomic E-state index is -0.970. The lowest BCUT2D eigenvalue weighted by Gasteiger charge is -2.41. The van der Waals surface area contributed by atoms with E-state index >= 15 is 0 Å². The number of pyridine rings is 1. The molecule has 2 heterocycles. The largest absolute Gasteiger partial charge is 0.443 e. The third kappa shape index (κ3) is 5.65. The van der Waals surface area contributed by atoms with Gasteiger partial charge in [-0.3, -0.25) is 4.98 Å². The van der Waals surface area contributed by atoms with Crippen LogP contribution >= 0.6 is 0 Å². The molecule has 2 aromatic rings. The maximum absolute atomic E-state index is 14.8. The van der Waals surface area contributed by atoms with Crippen LogP contribution < -0.4 is 16.4 Å². The second-order valence-corrected chi connectivity index (χ2v) is 6.77. The van der Waals surface area contributed by atoms with Crippen molar-refractivity contribution in [3.05, 3.63) is 59.2 Å². The molecule has 0 aliphatic carbocycles. The van der Waals surface area contributed by atoms with Gasteiger partial charge in [0.25, 0.3) is 0 Å². The van der Waals surface area contributed by atoms with Gasteiger partial charge in [-0.05, 0) is 17.7 Å². The molecule has 1 aliphatic heterocycles. The van der Waals surface area contributed by atoms with Crippen LogP contribution in [0.3, 0.4) is 0 Å². The van der Waals surface area contributed by atoms with Gasteiger partial charge in [0.05, 0.1) is 30.7 Å². The van der Waals surface area contributed by atoms with Gasteiger partial charge >= 0.3 is 6.09 Å². The van der Waals surface area contributed by atoms with Crippen molar-refractivity contribution in [1.82, 2.24) is 4.98 Å². The lowest BCUT2D eigenvalue weighted by molar-refractivity contribution is 0.0220. The number of benzene rings is 1. The molecule has 1 fully saturated rings. The molecule has 30 heavy (non-hydrogen) atoms. The monoisotopic (exact) mass is 417 g/mol. The molecule has 1 amide bonds. The number of hydrogen-bond donors (Lipinski definition) is 2. The maximum Gasteiger partial charge on any atom is 0.437 e. The zero-order valence-electron chi connectivity index (χ0n) is 16.6. The number of nitrogens with two attached hydrogens (primary N) is 2. The fourth-order valence-electron chi connectivity index (χ4n) is 2.93. The van der Waals surface area contributed by atoms with Gasteiger partial charge in [-0.2, -0.15) is 0 Å². The Morgan fingerprint density at radius 2 is 2.03 bits per heavy atom. The molecule has 1 saturated heterocycles. The van der Waals surface area contributed by atoms with Gasteiger partial charge in [-0.15, -0.1) is 4.99 Å². The number of carbonyl (C=O) groups excluding carboxylic acids is 1. The predicted octanol–water partition coefficient (Wildman–Crippen LogP) is 1.68. The summed E-state index contributed by atoms with van der Waals surface area (Å²) in [5.41, 5.74) is 12.7. The van der Waals surface area contributed by atoms with Gasteiger partial charge in [0.1, 0.15) is 6.61 Å². The van der Waals surface area contributed by atoms with Crippen molar-refractivity contribution in [1.29, 1.82) is 0 Å². The van der Waals surface area contributed by atoms with Gasteiger partial charge in [0.2, 0.25) is 0 Å². The van der Waals surface area contributed by atoms with Crippen LogP contribution in [0, 0.1) is 5.82 Å². The predicted molar refractivity (Wildman–Crippen MR) is 108 cm³/mol. The smallest absolute Gasteiger partial charge is 0.437 e. The van der Waals surface area contributed by atoms with Crippen LogP contribution in [0.5, 0.6) is 0 Å². The average molecular weight is 417 g/mol. The fraction of sp³-hybridized carbons (Fsp3) is 0.350.